The molecule has 1 aliphatic rings. The number of para-hydroxylation sites is 1. The number of anilines is 2. The summed E-state index contributed by atoms with van der Waals surface area (Å²) >= 11 is 1.31. The molecule has 0 spiro atoms. The molecule has 1 N–H and O–H groups in total. The van der Waals surface area contributed by atoms with Crippen LogP contribution >= 0.6 is 11.3 Å². The molecule has 0 saturated heterocycles. The second-order valence-electron chi connectivity index (χ2n) is 7.46. The summed E-state index contributed by atoms with van der Waals surface area (Å²) in [5.74, 6) is -0.253. The normalized spacial score (nSPS) is 16.9. The topological polar surface area (TPSA) is 79.4 Å². The summed E-state index contributed by atoms with van der Waals surface area (Å²) in [7, 11) is -3.47. The Labute approximate surface area is 180 Å². The molecule has 30 heavy (non-hydrogen) atoms. The monoisotopic (exact) mass is 441 g/mol. The van der Waals surface area contributed by atoms with Crippen LogP contribution in [0.2, 0.25) is 0 Å². The highest BCUT2D eigenvalue weighted by Gasteiger charge is 2.32. The summed E-state index contributed by atoms with van der Waals surface area (Å²) in [6.07, 6.45) is 2.51. The van der Waals surface area contributed by atoms with Crippen molar-refractivity contribution in [3.05, 3.63) is 70.7 Å². The first-order valence-corrected chi connectivity index (χ1v) is 12.3. The lowest BCUT2D eigenvalue weighted by atomic mass is 10.1. The molecule has 1 aliphatic heterocycles. The summed E-state index contributed by atoms with van der Waals surface area (Å²) in [6, 6.07) is 14.3. The largest absolute Gasteiger partial charge is 0.357 e. The molecule has 6 nitrogen and oxygen atoms in total. The second kappa shape index (κ2) is 8.20. The third-order valence-corrected chi connectivity index (χ3v) is 7.94. The third kappa shape index (κ3) is 4.11. The van der Waals surface area contributed by atoms with Crippen molar-refractivity contribution < 1.29 is 13.2 Å². The molecule has 0 fully saturated rings. The third-order valence-electron chi connectivity index (χ3n) is 5.33. The molecule has 3 aromatic rings. The molecule has 8 heteroatoms. The molecular formula is C22H23N3O3S2. The van der Waals surface area contributed by atoms with Crippen molar-refractivity contribution in [1.29, 1.82) is 0 Å². The van der Waals surface area contributed by atoms with E-state index in [4.69, 9.17) is 0 Å². The van der Waals surface area contributed by atoms with E-state index < -0.39 is 9.84 Å². The van der Waals surface area contributed by atoms with E-state index in [0.29, 0.717) is 10.7 Å². The lowest BCUT2D eigenvalue weighted by molar-refractivity contribution is -0.117. The zero-order valence-corrected chi connectivity index (χ0v) is 18.4. The van der Waals surface area contributed by atoms with Crippen LogP contribution in [-0.2, 0) is 26.8 Å². The quantitative estimate of drug-likeness (QED) is 0.628. The standard InChI is InChI=1S/C22H23N3O3S2/c1-15-13-17-5-3-4-6-20(17)25(15)16(2)22(26)24-18-7-9-19(10-8-18)30(27,28)14-21-23-11-12-29-21/h3-12,15-16H,13-14H2,1-2H3,(H,24,26). The van der Waals surface area contributed by atoms with Crippen LogP contribution in [0.4, 0.5) is 11.4 Å². The van der Waals surface area contributed by atoms with E-state index in [0.717, 1.165) is 12.1 Å². The molecule has 1 aromatic heterocycles. The first kappa shape index (κ1) is 20.6. The van der Waals surface area contributed by atoms with Crippen LogP contribution in [0.1, 0.15) is 24.4 Å². The zero-order chi connectivity index (χ0) is 21.3. The SMILES string of the molecule is CC1Cc2ccccc2N1C(C)C(=O)Nc1ccc(S(=O)(=O)Cc2nccs2)cc1. The van der Waals surface area contributed by atoms with Gasteiger partial charge < -0.3 is 10.2 Å². The minimum Gasteiger partial charge on any atom is -0.357 e. The molecule has 156 valence electrons. The Morgan fingerprint density at radius 3 is 2.67 bits per heavy atom. The van der Waals surface area contributed by atoms with Crippen molar-refractivity contribution >= 4 is 38.5 Å². The van der Waals surface area contributed by atoms with E-state index in [1.54, 1.807) is 23.7 Å². The molecule has 2 aromatic carbocycles. The highest BCUT2D eigenvalue weighted by molar-refractivity contribution is 7.90. The first-order chi connectivity index (χ1) is 14.3. The van der Waals surface area contributed by atoms with Crippen LogP contribution < -0.4 is 10.2 Å². The van der Waals surface area contributed by atoms with Gasteiger partial charge in [0.05, 0.1) is 4.90 Å². The predicted octanol–water partition coefficient (Wildman–Crippen LogP) is 3.90. The van der Waals surface area contributed by atoms with Crippen molar-refractivity contribution in [1.82, 2.24) is 4.98 Å². The number of hydrogen-bond acceptors (Lipinski definition) is 6. The fraction of sp³-hybridized carbons (Fsp3) is 0.273. The number of carbonyl (C=O) groups excluding carboxylic acids is 1. The van der Waals surface area contributed by atoms with Crippen molar-refractivity contribution in [2.75, 3.05) is 10.2 Å². The van der Waals surface area contributed by atoms with Crippen LogP contribution in [-0.4, -0.2) is 31.4 Å². The van der Waals surface area contributed by atoms with Gasteiger partial charge in [-0.15, -0.1) is 11.3 Å². The molecule has 4 rings (SSSR count). The molecule has 2 atom stereocenters. The molecule has 0 aliphatic carbocycles. The number of aromatic nitrogens is 1. The van der Waals surface area contributed by atoms with E-state index in [1.165, 1.54) is 29.0 Å². The van der Waals surface area contributed by atoms with Gasteiger partial charge in [-0.2, -0.15) is 0 Å². The smallest absolute Gasteiger partial charge is 0.246 e. The number of amides is 1. The van der Waals surface area contributed by atoms with Gasteiger partial charge >= 0.3 is 0 Å². The zero-order valence-electron chi connectivity index (χ0n) is 16.8. The summed E-state index contributed by atoms with van der Waals surface area (Å²) in [5.41, 5.74) is 2.91. The Morgan fingerprint density at radius 2 is 1.97 bits per heavy atom. The maximum Gasteiger partial charge on any atom is 0.246 e. The predicted molar refractivity (Wildman–Crippen MR) is 120 cm³/mol. The van der Waals surface area contributed by atoms with E-state index in [-0.39, 0.29) is 28.6 Å². The van der Waals surface area contributed by atoms with Gasteiger partial charge in [-0.25, -0.2) is 13.4 Å². The average Bonchev–Trinajstić information content (AvgIpc) is 3.34. The molecule has 1 amide bonds. The summed E-state index contributed by atoms with van der Waals surface area (Å²) in [5, 5.41) is 5.22. The fourth-order valence-corrected chi connectivity index (χ4v) is 6.12. The van der Waals surface area contributed by atoms with E-state index in [1.807, 2.05) is 25.1 Å². The number of sulfone groups is 1. The van der Waals surface area contributed by atoms with Gasteiger partial charge in [-0.1, -0.05) is 18.2 Å². The average molecular weight is 442 g/mol. The van der Waals surface area contributed by atoms with Gasteiger partial charge in [0.15, 0.2) is 9.84 Å². The van der Waals surface area contributed by atoms with Crippen LogP contribution in [0, 0.1) is 0 Å². The Bertz CT molecular complexity index is 1140. The van der Waals surface area contributed by atoms with Gasteiger partial charge in [0, 0.05) is 29.0 Å². The van der Waals surface area contributed by atoms with Crippen LogP contribution in [0.3, 0.4) is 0 Å². The molecule has 0 radical (unpaired) electrons. The highest BCUT2D eigenvalue weighted by atomic mass is 32.2. The number of fused-ring (bicyclic) bond motifs is 1. The van der Waals surface area contributed by atoms with Crippen LogP contribution in [0.15, 0.2) is 65.0 Å². The number of hydrogen-bond donors (Lipinski definition) is 1. The van der Waals surface area contributed by atoms with Gasteiger partial charge in [0.1, 0.15) is 16.8 Å². The Hall–Kier alpha value is -2.71. The van der Waals surface area contributed by atoms with E-state index in [2.05, 4.69) is 28.2 Å². The number of nitrogens with one attached hydrogen (secondary N) is 1. The highest BCUT2D eigenvalue weighted by Crippen LogP contribution is 2.33. The number of rotatable bonds is 6. The first-order valence-electron chi connectivity index (χ1n) is 9.73. The number of carbonyl (C=O) groups is 1. The number of nitrogens with zero attached hydrogens (tertiary/aromatic N) is 2. The Balaban J connectivity index is 1.45. The molecule has 0 saturated carbocycles. The van der Waals surface area contributed by atoms with Gasteiger partial charge in [0.25, 0.3) is 0 Å². The van der Waals surface area contributed by atoms with E-state index >= 15 is 0 Å². The summed E-state index contributed by atoms with van der Waals surface area (Å²) < 4.78 is 25.1. The fourth-order valence-electron chi connectivity index (χ4n) is 3.87. The Morgan fingerprint density at radius 1 is 1.23 bits per heavy atom. The second-order valence-corrected chi connectivity index (χ2v) is 10.4. The number of thiazole rings is 1. The van der Waals surface area contributed by atoms with Crippen molar-refractivity contribution in [3.63, 3.8) is 0 Å². The summed E-state index contributed by atoms with van der Waals surface area (Å²) in [4.78, 5) is 19.3. The van der Waals surface area contributed by atoms with Crippen molar-refractivity contribution in [2.24, 2.45) is 0 Å². The van der Waals surface area contributed by atoms with Crippen molar-refractivity contribution in [3.8, 4) is 0 Å². The molecular weight excluding hydrogens is 418 g/mol. The lowest BCUT2D eigenvalue weighted by Gasteiger charge is -2.30. The van der Waals surface area contributed by atoms with E-state index in [9.17, 15) is 13.2 Å². The molecule has 0 bridgehead atoms. The van der Waals surface area contributed by atoms with Gasteiger partial charge in [-0.05, 0) is 56.2 Å². The summed E-state index contributed by atoms with van der Waals surface area (Å²) in [6.45, 7) is 4.01. The minimum absolute atomic E-state index is 0.125. The van der Waals surface area contributed by atoms with Crippen molar-refractivity contribution in [2.45, 2.75) is 43.0 Å². The number of benzene rings is 2. The molecule has 2 unspecified atom stereocenters. The van der Waals surface area contributed by atoms with Crippen LogP contribution in [0.25, 0.3) is 0 Å². The Kier molecular flexibility index (Phi) is 5.62. The van der Waals surface area contributed by atoms with Crippen LogP contribution in [0.5, 0.6) is 0 Å². The maximum atomic E-state index is 12.9. The van der Waals surface area contributed by atoms with Gasteiger partial charge in [0.2, 0.25) is 5.91 Å². The minimum atomic E-state index is -3.47. The molecule has 2 heterocycles. The lowest BCUT2D eigenvalue weighted by Crippen LogP contribution is -2.45. The maximum absolute atomic E-state index is 12.9. The van der Waals surface area contributed by atoms with Gasteiger partial charge in [-0.3, -0.25) is 4.79 Å².